The summed E-state index contributed by atoms with van der Waals surface area (Å²) in [6, 6.07) is 18.0. The number of piperazine rings is 1. The average molecular weight is 747 g/mol. The molecule has 0 bridgehead atoms. The minimum absolute atomic E-state index is 0.0253. The summed E-state index contributed by atoms with van der Waals surface area (Å²) in [5, 5.41) is 18.9. The molecule has 6 rings (SSSR count). The third kappa shape index (κ3) is 9.26. The van der Waals surface area contributed by atoms with Crippen LogP contribution in [0, 0.1) is 0 Å². The summed E-state index contributed by atoms with van der Waals surface area (Å²) in [4.78, 5) is 89.9. The Balaban J connectivity index is 0.000000205. The van der Waals surface area contributed by atoms with Gasteiger partial charge in [-0.3, -0.25) is 9.78 Å². The standard InChI is InChI=1S/C18H14O8.C17H17ClN6O3/c19-15(20)13(25-17(23)11-7-3-1-4-8-11)14(16(21)22)26-18(24)12-9-5-2-6-10-12;1-22-6-8-23(9-7-22)17(26)27-16-14-13(19-4-5-20-14)15(25)24(16)12-3-2-11(18)10-21-12/h1-10,13-14H,(H,19,20)(H,21,22);2-5,10,16H,6-9H2,1H3. The monoisotopic (exact) mass is 746 g/mol. The molecule has 3 unspecified atom stereocenters. The number of aromatic nitrogens is 3. The van der Waals surface area contributed by atoms with Crippen LogP contribution < -0.4 is 4.90 Å². The summed E-state index contributed by atoms with van der Waals surface area (Å²) < 4.78 is 15.2. The van der Waals surface area contributed by atoms with Crippen molar-refractivity contribution in [2.45, 2.75) is 18.4 Å². The molecule has 3 atom stereocenters. The number of carboxylic acid groups (broad SMARTS) is 2. The minimum atomic E-state index is -2.21. The molecule has 4 heterocycles. The molecule has 0 saturated carbocycles. The van der Waals surface area contributed by atoms with Crippen molar-refractivity contribution in [3.05, 3.63) is 119 Å². The van der Waals surface area contributed by atoms with E-state index in [0.29, 0.717) is 29.6 Å². The van der Waals surface area contributed by atoms with E-state index in [0.717, 1.165) is 13.1 Å². The van der Waals surface area contributed by atoms with Gasteiger partial charge in [-0.15, -0.1) is 0 Å². The number of hydrogen-bond acceptors (Lipinski definition) is 13. The number of fused-ring (bicyclic) bond motifs is 1. The van der Waals surface area contributed by atoms with Crippen molar-refractivity contribution in [2.75, 3.05) is 38.1 Å². The third-order valence-electron chi connectivity index (χ3n) is 7.80. The van der Waals surface area contributed by atoms with Gasteiger partial charge in [0.25, 0.3) is 5.91 Å². The molecular weight excluding hydrogens is 716 g/mol. The van der Waals surface area contributed by atoms with Crippen LogP contribution in [-0.2, 0) is 23.8 Å². The highest BCUT2D eigenvalue weighted by molar-refractivity contribution is 6.30. The lowest BCUT2D eigenvalue weighted by molar-refractivity contribution is -0.166. The van der Waals surface area contributed by atoms with Gasteiger partial charge in [0.15, 0.2) is 5.69 Å². The van der Waals surface area contributed by atoms with E-state index >= 15 is 0 Å². The van der Waals surface area contributed by atoms with Crippen LogP contribution in [-0.4, -0.2) is 116 Å². The fourth-order valence-corrected chi connectivity index (χ4v) is 5.15. The smallest absolute Gasteiger partial charge is 0.412 e. The lowest BCUT2D eigenvalue weighted by Gasteiger charge is -2.33. The molecule has 1 fully saturated rings. The van der Waals surface area contributed by atoms with Gasteiger partial charge in [0.1, 0.15) is 11.5 Å². The maximum Gasteiger partial charge on any atom is 0.412 e. The third-order valence-corrected chi connectivity index (χ3v) is 8.02. The van der Waals surface area contributed by atoms with Gasteiger partial charge in [-0.25, -0.2) is 38.8 Å². The second-order valence-electron chi connectivity index (χ2n) is 11.4. The molecule has 4 aromatic rings. The van der Waals surface area contributed by atoms with E-state index in [-0.39, 0.29) is 16.8 Å². The van der Waals surface area contributed by atoms with Crippen LogP contribution in [0.1, 0.15) is 43.1 Å². The number of carboxylic acids is 2. The van der Waals surface area contributed by atoms with E-state index in [9.17, 15) is 39.0 Å². The van der Waals surface area contributed by atoms with E-state index in [1.54, 1.807) is 29.2 Å². The number of nitrogens with zero attached hydrogens (tertiary/aromatic N) is 6. The Morgan fingerprint density at radius 3 is 1.77 bits per heavy atom. The molecule has 1 saturated heterocycles. The Morgan fingerprint density at radius 1 is 0.755 bits per heavy atom. The molecule has 2 aromatic carbocycles. The number of carbonyl (C=O) groups is 6. The quantitative estimate of drug-likeness (QED) is 0.186. The maximum atomic E-state index is 12.8. The first-order valence-corrected chi connectivity index (χ1v) is 16.2. The number of benzene rings is 2. The molecule has 18 heteroatoms. The van der Waals surface area contributed by atoms with Crippen LogP contribution in [0.5, 0.6) is 0 Å². The topological polar surface area (TPSA) is 219 Å². The van der Waals surface area contributed by atoms with Crippen LogP contribution in [0.2, 0.25) is 5.02 Å². The van der Waals surface area contributed by atoms with Gasteiger partial charge in [0.2, 0.25) is 18.4 Å². The van der Waals surface area contributed by atoms with Gasteiger partial charge in [-0.2, -0.15) is 0 Å². The van der Waals surface area contributed by atoms with Crippen molar-refractivity contribution in [3.63, 3.8) is 0 Å². The van der Waals surface area contributed by atoms with Gasteiger partial charge in [-0.1, -0.05) is 48.0 Å². The molecule has 2 aliphatic heterocycles. The molecule has 53 heavy (non-hydrogen) atoms. The number of halogens is 1. The fraction of sp³-hybridized carbons (Fsp3) is 0.229. The lowest BCUT2D eigenvalue weighted by Crippen LogP contribution is -2.48. The molecule has 2 aliphatic rings. The van der Waals surface area contributed by atoms with E-state index in [1.807, 2.05) is 7.05 Å². The van der Waals surface area contributed by atoms with Gasteiger partial charge in [0, 0.05) is 44.8 Å². The number of aliphatic carboxylic acids is 2. The highest BCUT2D eigenvalue weighted by Crippen LogP contribution is 2.36. The largest absolute Gasteiger partial charge is 0.478 e. The summed E-state index contributed by atoms with van der Waals surface area (Å²) in [5.41, 5.74) is 0.488. The number of ether oxygens (including phenoxy) is 3. The zero-order valence-corrected chi connectivity index (χ0v) is 28.6. The number of rotatable bonds is 9. The zero-order valence-electron chi connectivity index (χ0n) is 27.9. The van der Waals surface area contributed by atoms with Crippen molar-refractivity contribution < 1.29 is 53.2 Å². The van der Waals surface area contributed by atoms with Crippen LogP contribution in [0.3, 0.4) is 0 Å². The summed E-state index contributed by atoms with van der Waals surface area (Å²) in [6.45, 7) is 2.64. The molecular formula is C35H31ClN6O11. The number of anilines is 1. The lowest BCUT2D eigenvalue weighted by atomic mass is 10.1. The minimum Gasteiger partial charge on any atom is -0.478 e. The van der Waals surface area contributed by atoms with Gasteiger partial charge >= 0.3 is 30.0 Å². The van der Waals surface area contributed by atoms with Crippen molar-refractivity contribution in [2.24, 2.45) is 0 Å². The van der Waals surface area contributed by atoms with Crippen molar-refractivity contribution in [1.82, 2.24) is 24.8 Å². The van der Waals surface area contributed by atoms with Crippen LogP contribution in [0.15, 0.2) is 91.4 Å². The Labute approximate surface area is 306 Å². The first-order valence-electron chi connectivity index (χ1n) is 15.8. The van der Waals surface area contributed by atoms with E-state index < -0.39 is 54.3 Å². The first-order chi connectivity index (χ1) is 25.4. The van der Waals surface area contributed by atoms with Gasteiger partial charge < -0.3 is 34.2 Å². The second-order valence-corrected chi connectivity index (χ2v) is 11.8. The molecule has 0 radical (unpaired) electrons. The van der Waals surface area contributed by atoms with Gasteiger partial charge in [-0.05, 0) is 43.4 Å². The predicted octanol–water partition coefficient (Wildman–Crippen LogP) is 3.17. The van der Waals surface area contributed by atoms with Crippen LogP contribution >= 0.6 is 11.6 Å². The molecule has 0 spiro atoms. The highest BCUT2D eigenvalue weighted by Gasteiger charge is 2.44. The second kappa shape index (κ2) is 17.2. The Kier molecular flexibility index (Phi) is 12.2. The Hall–Kier alpha value is -6.46. The molecule has 2 aromatic heterocycles. The van der Waals surface area contributed by atoms with E-state index in [4.69, 9.17) is 25.8 Å². The molecule has 0 aliphatic carbocycles. The summed E-state index contributed by atoms with van der Waals surface area (Å²) in [7, 11) is 2.00. The van der Waals surface area contributed by atoms with Crippen LogP contribution in [0.25, 0.3) is 0 Å². The SMILES string of the molecule is CN1CCN(C(=O)OC2c3nccnc3C(=O)N2c2ccc(Cl)cn2)CC1.O=C(OC(C(=O)O)C(OC(=O)c1ccccc1)C(=O)O)c1ccccc1. The zero-order chi connectivity index (χ0) is 38.1. The number of hydrogen-bond donors (Lipinski definition) is 2. The number of amides is 2. The van der Waals surface area contributed by atoms with E-state index in [1.165, 1.54) is 72.0 Å². The van der Waals surface area contributed by atoms with Crippen LogP contribution in [0.4, 0.5) is 10.6 Å². The van der Waals surface area contributed by atoms with Crippen molar-refractivity contribution in [3.8, 4) is 0 Å². The number of esters is 2. The summed E-state index contributed by atoms with van der Waals surface area (Å²) >= 11 is 5.89. The first kappa shape index (κ1) is 37.8. The number of likely N-dealkylation sites (N-methyl/N-ethyl adjacent to an activating group) is 1. The normalized spacial score (nSPS) is 16.3. The summed E-state index contributed by atoms with van der Waals surface area (Å²) in [5.74, 6) is -5.76. The van der Waals surface area contributed by atoms with Crippen molar-refractivity contribution >= 4 is 53.3 Å². The van der Waals surface area contributed by atoms with Gasteiger partial charge in [0.05, 0.1) is 16.1 Å². The number of pyridine rings is 1. The highest BCUT2D eigenvalue weighted by atomic mass is 35.5. The average Bonchev–Trinajstić information content (AvgIpc) is 3.44. The van der Waals surface area contributed by atoms with E-state index in [2.05, 4.69) is 19.9 Å². The maximum absolute atomic E-state index is 12.8. The summed E-state index contributed by atoms with van der Waals surface area (Å²) in [6.07, 6.45) is -1.65. The fourth-order valence-electron chi connectivity index (χ4n) is 5.04. The molecule has 2 N–H and O–H groups in total. The number of carbonyl (C=O) groups excluding carboxylic acids is 4. The Morgan fingerprint density at radius 2 is 1.28 bits per heavy atom. The Bertz CT molecular complexity index is 1890. The van der Waals surface area contributed by atoms with Crippen molar-refractivity contribution in [1.29, 1.82) is 0 Å². The predicted molar refractivity (Wildman–Crippen MR) is 183 cm³/mol. The molecule has 274 valence electrons. The molecule has 2 amide bonds. The molecule has 17 nitrogen and oxygen atoms in total.